The zero-order valence-electron chi connectivity index (χ0n) is 13.6. The molecule has 2 aromatic rings. The van der Waals surface area contributed by atoms with Gasteiger partial charge >= 0.3 is 0 Å². The van der Waals surface area contributed by atoms with E-state index in [9.17, 15) is 8.78 Å². The van der Waals surface area contributed by atoms with Gasteiger partial charge in [-0.25, -0.2) is 13.8 Å². The Kier molecular flexibility index (Phi) is 9.29. The fraction of sp³-hybridized carbons (Fsp3) is 0.278. The van der Waals surface area contributed by atoms with Gasteiger partial charge in [-0.1, -0.05) is 36.4 Å². The summed E-state index contributed by atoms with van der Waals surface area (Å²) in [5, 5.41) is 6.23. The summed E-state index contributed by atoms with van der Waals surface area (Å²) in [5.41, 5.74) is 1.20. The number of nitrogens with zero attached hydrogens (tertiary/aromatic N) is 1. The fourth-order valence-electron chi connectivity index (χ4n) is 2.15. The summed E-state index contributed by atoms with van der Waals surface area (Å²) in [4.78, 5) is 4.36. The summed E-state index contributed by atoms with van der Waals surface area (Å²) in [7, 11) is 0. The molecule has 0 spiro atoms. The van der Waals surface area contributed by atoms with Gasteiger partial charge in [-0.05, 0) is 31.0 Å². The van der Waals surface area contributed by atoms with Crippen LogP contribution >= 0.6 is 24.0 Å². The molecule has 6 heteroatoms. The average Bonchev–Trinajstić information content (AvgIpc) is 2.55. The van der Waals surface area contributed by atoms with Gasteiger partial charge in [0.2, 0.25) is 0 Å². The Bertz CT molecular complexity index is 662. The van der Waals surface area contributed by atoms with Crippen molar-refractivity contribution in [1.29, 1.82) is 0 Å². The van der Waals surface area contributed by atoms with Crippen LogP contribution in [-0.4, -0.2) is 19.0 Å². The second kappa shape index (κ2) is 11.0. The molecule has 0 unspecified atom stereocenters. The van der Waals surface area contributed by atoms with Crippen molar-refractivity contribution in [1.82, 2.24) is 10.6 Å². The molecular weight excluding hydrogens is 423 g/mol. The highest BCUT2D eigenvalue weighted by Gasteiger charge is 2.03. The van der Waals surface area contributed by atoms with Gasteiger partial charge in [0.25, 0.3) is 0 Å². The fourth-order valence-corrected chi connectivity index (χ4v) is 2.15. The van der Waals surface area contributed by atoms with Gasteiger partial charge < -0.3 is 10.6 Å². The predicted molar refractivity (Wildman–Crippen MR) is 105 cm³/mol. The molecule has 0 radical (unpaired) electrons. The number of nitrogens with one attached hydrogen (secondary N) is 2. The Balaban J connectivity index is 0.00000288. The Morgan fingerprint density at radius 3 is 2.08 bits per heavy atom. The van der Waals surface area contributed by atoms with E-state index in [1.807, 2.05) is 13.0 Å². The third-order valence-corrected chi connectivity index (χ3v) is 3.35. The van der Waals surface area contributed by atoms with Crippen molar-refractivity contribution in [3.05, 3.63) is 71.3 Å². The highest BCUT2D eigenvalue weighted by atomic mass is 127. The van der Waals surface area contributed by atoms with Crippen LogP contribution in [0.2, 0.25) is 0 Å². The number of rotatable bonds is 6. The highest BCUT2D eigenvalue weighted by Crippen LogP contribution is 2.08. The third-order valence-electron chi connectivity index (χ3n) is 3.35. The monoisotopic (exact) mass is 445 g/mol. The van der Waals surface area contributed by atoms with E-state index in [1.54, 1.807) is 30.3 Å². The minimum Gasteiger partial charge on any atom is -0.357 e. The Morgan fingerprint density at radius 1 is 0.917 bits per heavy atom. The van der Waals surface area contributed by atoms with Crippen LogP contribution in [0.5, 0.6) is 0 Å². The van der Waals surface area contributed by atoms with Crippen LogP contribution in [0.1, 0.15) is 18.1 Å². The van der Waals surface area contributed by atoms with Crippen LogP contribution in [0.4, 0.5) is 8.78 Å². The van der Waals surface area contributed by atoms with Crippen molar-refractivity contribution in [2.75, 3.05) is 13.1 Å². The molecule has 0 aromatic heterocycles. The standard InChI is InChI=1S/C18H21F2N3.HI/c1-2-21-18(23-13-15-8-4-6-10-17(15)20)22-12-11-14-7-3-5-9-16(14)19;/h3-10H,2,11-13H2,1H3,(H2,21,22,23);1H. The van der Waals surface area contributed by atoms with E-state index in [-0.39, 0.29) is 42.2 Å². The van der Waals surface area contributed by atoms with E-state index >= 15 is 0 Å². The number of benzene rings is 2. The van der Waals surface area contributed by atoms with Gasteiger partial charge in [0.05, 0.1) is 6.54 Å². The molecule has 2 aromatic carbocycles. The molecular formula is C18H22F2IN3. The smallest absolute Gasteiger partial charge is 0.191 e. The van der Waals surface area contributed by atoms with Crippen molar-refractivity contribution in [3.63, 3.8) is 0 Å². The maximum Gasteiger partial charge on any atom is 0.191 e. The topological polar surface area (TPSA) is 36.4 Å². The van der Waals surface area contributed by atoms with E-state index < -0.39 is 0 Å². The largest absolute Gasteiger partial charge is 0.357 e. The summed E-state index contributed by atoms with van der Waals surface area (Å²) in [6, 6.07) is 13.3. The van der Waals surface area contributed by atoms with Gasteiger partial charge in [0.15, 0.2) is 5.96 Å². The Hall–Kier alpha value is -1.70. The summed E-state index contributed by atoms with van der Waals surface area (Å²) in [6.45, 7) is 3.45. The van der Waals surface area contributed by atoms with Gasteiger partial charge in [-0.3, -0.25) is 0 Å². The zero-order valence-corrected chi connectivity index (χ0v) is 15.9. The second-order valence-corrected chi connectivity index (χ2v) is 5.05. The molecule has 0 aliphatic carbocycles. The van der Waals surface area contributed by atoms with Crippen LogP contribution in [0, 0.1) is 11.6 Å². The van der Waals surface area contributed by atoms with Crippen LogP contribution in [-0.2, 0) is 13.0 Å². The molecule has 0 amide bonds. The lowest BCUT2D eigenvalue weighted by molar-refractivity contribution is 0.605. The average molecular weight is 445 g/mol. The summed E-state index contributed by atoms with van der Waals surface area (Å²) < 4.78 is 27.2. The van der Waals surface area contributed by atoms with Crippen molar-refractivity contribution in [3.8, 4) is 0 Å². The first kappa shape index (κ1) is 20.3. The second-order valence-electron chi connectivity index (χ2n) is 5.05. The van der Waals surface area contributed by atoms with Gasteiger partial charge in [0, 0.05) is 18.7 Å². The number of aliphatic imine (C=N–C) groups is 1. The van der Waals surface area contributed by atoms with E-state index in [0.717, 1.165) is 0 Å². The van der Waals surface area contributed by atoms with Gasteiger partial charge in [0.1, 0.15) is 11.6 Å². The van der Waals surface area contributed by atoms with E-state index in [1.165, 1.54) is 12.1 Å². The maximum absolute atomic E-state index is 13.6. The lowest BCUT2D eigenvalue weighted by atomic mass is 10.1. The van der Waals surface area contributed by atoms with Gasteiger partial charge in [-0.15, -0.1) is 24.0 Å². The molecule has 0 bridgehead atoms. The SMILES string of the molecule is CCNC(=NCc1ccccc1F)NCCc1ccccc1F.I. The number of guanidine groups is 1. The van der Waals surface area contributed by atoms with E-state index in [2.05, 4.69) is 15.6 Å². The van der Waals surface area contributed by atoms with Crippen LogP contribution in [0.15, 0.2) is 53.5 Å². The van der Waals surface area contributed by atoms with Crippen molar-refractivity contribution in [2.24, 2.45) is 4.99 Å². The van der Waals surface area contributed by atoms with Crippen LogP contribution in [0.25, 0.3) is 0 Å². The molecule has 0 saturated heterocycles. The number of halogens is 3. The zero-order chi connectivity index (χ0) is 16.5. The molecule has 0 aliphatic heterocycles. The van der Waals surface area contributed by atoms with Crippen molar-refractivity contribution >= 4 is 29.9 Å². The number of hydrogen-bond acceptors (Lipinski definition) is 1. The molecule has 0 aliphatic rings. The van der Waals surface area contributed by atoms with E-state index in [0.29, 0.717) is 36.6 Å². The van der Waals surface area contributed by atoms with Crippen LogP contribution < -0.4 is 10.6 Å². The van der Waals surface area contributed by atoms with E-state index in [4.69, 9.17) is 0 Å². The quantitative estimate of drug-likeness (QED) is 0.403. The maximum atomic E-state index is 13.6. The highest BCUT2D eigenvalue weighted by molar-refractivity contribution is 14.0. The Morgan fingerprint density at radius 2 is 1.50 bits per heavy atom. The minimum atomic E-state index is -0.265. The predicted octanol–water partition coefficient (Wildman–Crippen LogP) is 3.88. The molecule has 0 atom stereocenters. The molecule has 130 valence electrons. The lowest BCUT2D eigenvalue weighted by Crippen LogP contribution is -2.38. The number of hydrogen-bond donors (Lipinski definition) is 2. The molecule has 0 saturated carbocycles. The molecule has 0 heterocycles. The lowest BCUT2D eigenvalue weighted by Gasteiger charge is -2.11. The molecule has 24 heavy (non-hydrogen) atoms. The summed E-state index contributed by atoms with van der Waals surface area (Å²) in [6.07, 6.45) is 0.552. The molecule has 0 fully saturated rings. The normalized spacial score (nSPS) is 10.9. The summed E-state index contributed by atoms with van der Waals surface area (Å²) >= 11 is 0. The molecule has 2 N–H and O–H groups in total. The van der Waals surface area contributed by atoms with Crippen LogP contribution in [0.3, 0.4) is 0 Å². The first-order chi connectivity index (χ1) is 11.2. The first-order valence-corrected chi connectivity index (χ1v) is 7.69. The minimum absolute atomic E-state index is 0. The molecule has 2 rings (SSSR count). The van der Waals surface area contributed by atoms with Gasteiger partial charge in [-0.2, -0.15) is 0 Å². The summed E-state index contributed by atoms with van der Waals surface area (Å²) in [5.74, 6) is 0.119. The Labute approximate surface area is 158 Å². The van der Waals surface area contributed by atoms with Crippen molar-refractivity contribution in [2.45, 2.75) is 19.9 Å². The third kappa shape index (κ3) is 6.43. The molecule has 3 nitrogen and oxygen atoms in total. The first-order valence-electron chi connectivity index (χ1n) is 7.69. The van der Waals surface area contributed by atoms with Crippen molar-refractivity contribution < 1.29 is 8.78 Å².